The predicted octanol–water partition coefficient (Wildman–Crippen LogP) is 3.73. The van der Waals surface area contributed by atoms with Gasteiger partial charge in [0, 0.05) is 18.8 Å². The largest absolute Gasteiger partial charge is 0.469 e. The van der Waals surface area contributed by atoms with Crippen molar-refractivity contribution in [3.05, 3.63) is 89.2 Å². The first-order valence-corrected chi connectivity index (χ1v) is 14.4. The molecule has 1 amide bonds. The van der Waals surface area contributed by atoms with Gasteiger partial charge < -0.3 is 15.0 Å². The molecule has 1 N–H and O–H groups in total. The van der Waals surface area contributed by atoms with Crippen molar-refractivity contribution in [3.8, 4) is 0 Å². The molecule has 3 aromatic carbocycles. The molecule has 1 aliphatic heterocycles. The molecule has 9 nitrogen and oxygen atoms in total. The molecular weight excluding hydrogens is 535 g/mol. The molecular formula is C29H31FN4O5S. The number of amides is 1. The van der Waals surface area contributed by atoms with Crippen molar-refractivity contribution in [2.75, 3.05) is 50.2 Å². The second-order valence-electron chi connectivity index (χ2n) is 9.76. The molecule has 210 valence electrons. The summed E-state index contributed by atoms with van der Waals surface area (Å²) in [5, 5.41) is 2.73. The lowest BCUT2D eigenvalue weighted by Crippen LogP contribution is -2.35. The van der Waals surface area contributed by atoms with Crippen LogP contribution in [-0.2, 0) is 30.8 Å². The number of ether oxygens (including phenoxy) is 1. The van der Waals surface area contributed by atoms with Crippen LogP contribution in [0.15, 0.2) is 71.7 Å². The number of nitrogens with zero attached hydrogens (tertiary/aromatic N) is 3. The number of nitrogens with one attached hydrogen (secondary N) is 1. The Bertz CT molecular complexity index is 1550. The highest BCUT2D eigenvalue weighted by atomic mass is 32.2. The summed E-state index contributed by atoms with van der Waals surface area (Å²) in [6.45, 7) is 0.818. The highest BCUT2D eigenvalue weighted by molar-refractivity contribution is 7.92. The number of benzene rings is 3. The van der Waals surface area contributed by atoms with Crippen molar-refractivity contribution in [3.63, 3.8) is 0 Å². The molecule has 0 bridgehead atoms. The van der Waals surface area contributed by atoms with Crippen LogP contribution in [0.4, 0.5) is 21.5 Å². The summed E-state index contributed by atoms with van der Waals surface area (Å²) >= 11 is 0. The monoisotopic (exact) mass is 566 g/mol. The molecule has 3 aromatic rings. The van der Waals surface area contributed by atoms with Crippen LogP contribution in [0.5, 0.6) is 0 Å². The molecule has 0 saturated carbocycles. The minimum Gasteiger partial charge on any atom is -0.469 e. The van der Waals surface area contributed by atoms with E-state index in [-0.39, 0.29) is 18.9 Å². The second-order valence-corrected chi connectivity index (χ2v) is 11.7. The zero-order chi connectivity index (χ0) is 29.0. The van der Waals surface area contributed by atoms with Gasteiger partial charge >= 0.3 is 5.97 Å². The Morgan fingerprint density at radius 3 is 2.42 bits per heavy atom. The highest BCUT2D eigenvalue weighted by Crippen LogP contribution is 2.37. The van der Waals surface area contributed by atoms with Crippen LogP contribution in [-0.4, -0.2) is 71.5 Å². The van der Waals surface area contributed by atoms with E-state index in [1.165, 1.54) is 23.5 Å². The third-order valence-electron chi connectivity index (χ3n) is 6.46. The molecule has 0 spiro atoms. The quantitative estimate of drug-likeness (QED) is 0.296. The van der Waals surface area contributed by atoms with Crippen molar-refractivity contribution in [1.82, 2.24) is 4.90 Å². The lowest BCUT2D eigenvalue weighted by atomic mass is 9.89. The number of aliphatic imine (C=N–C) groups is 1. The van der Waals surface area contributed by atoms with Crippen molar-refractivity contribution in [2.45, 2.75) is 12.3 Å². The van der Waals surface area contributed by atoms with E-state index in [0.717, 1.165) is 6.26 Å². The molecule has 11 heteroatoms. The van der Waals surface area contributed by atoms with Gasteiger partial charge in [-0.05, 0) is 73.3 Å². The third kappa shape index (κ3) is 6.72. The number of hydrogen-bond donors (Lipinski definition) is 1. The number of rotatable bonds is 10. The number of carbonyl (C=O) groups is 2. The lowest BCUT2D eigenvalue weighted by Gasteiger charge is -2.24. The third-order valence-corrected chi connectivity index (χ3v) is 7.65. The maximum absolute atomic E-state index is 13.9. The van der Waals surface area contributed by atoms with Gasteiger partial charge in [0.2, 0.25) is 15.9 Å². The van der Waals surface area contributed by atoms with E-state index >= 15 is 0 Å². The Labute approximate surface area is 233 Å². The normalized spacial score (nSPS) is 15.1. The topological polar surface area (TPSA) is 108 Å². The molecule has 0 fully saturated rings. The maximum Gasteiger partial charge on any atom is 0.309 e. The first-order chi connectivity index (χ1) is 19.0. The Kier molecular flexibility index (Phi) is 8.65. The smallest absolute Gasteiger partial charge is 0.309 e. The van der Waals surface area contributed by atoms with E-state index < -0.39 is 27.7 Å². The van der Waals surface area contributed by atoms with E-state index in [2.05, 4.69) is 5.32 Å². The number of hydrogen-bond acceptors (Lipinski definition) is 7. The molecule has 4 rings (SSSR count). The van der Waals surface area contributed by atoms with Crippen LogP contribution in [0.3, 0.4) is 0 Å². The van der Waals surface area contributed by atoms with E-state index in [1.54, 1.807) is 54.6 Å². The molecule has 0 saturated heterocycles. The minimum absolute atomic E-state index is 0.0409. The number of esters is 1. The predicted molar refractivity (Wildman–Crippen MR) is 153 cm³/mol. The fraction of sp³-hybridized carbons (Fsp3) is 0.276. The van der Waals surface area contributed by atoms with Gasteiger partial charge in [-0.2, -0.15) is 0 Å². The summed E-state index contributed by atoms with van der Waals surface area (Å²) in [6.07, 6.45) is 1.20. The number of sulfonamides is 1. The van der Waals surface area contributed by atoms with E-state index in [1.807, 2.05) is 19.0 Å². The Hall–Kier alpha value is -4.09. The van der Waals surface area contributed by atoms with Crippen LogP contribution >= 0.6 is 0 Å². The average Bonchev–Trinajstić information content (AvgIpc) is 3.21. The fourth-order valence-corrected chi connectivity index (χ4v) is 5.41. The first kappa shape index (κ1) is 28.9. The highest BCUT2D eigenvalue weighted by Gasteiger charge is 2.35. The van der Waals surface area contributed by atoms with Gasteiger partial charge in [0.05, 0.1) is 36.9 Å². The molecule has 1 heterocycles. The number of carbonyl (C=O) groups excluding carboxylic acids is 2. The number of anilines is 2. The SMILES string of the molecule is COC(=O)Cc1cccc(C(=Nc2ccc(N(CCN(C)C)S(C)(=O)=O)cc2)C2C(=O)Nc3cc(F)ccc32)c1. The first-order valence-electron chi connectivity index (χ1n) is 12.5. The number of likely N-dealkylation sites (N-methyl/N-ethyl adjacent to an activating group) is 1. The second kappa shape index (κ2) is 12.0. The summed E-state index contributed by atoms with van der Waals surface area (Å²) < 4.78 is 44.9. The fourth-order valence-electron chi connectivity index (χ4n) is 4.49. The van der Waals surface area contributed by atoms with Crippen LogP contribution in [0.1, 0.15) is 22.6 Å². The summed E-state index contributed by atoms with van der Waals surface area (Å²) in [5.74, 6) is -2.08. The van der Waals surface area contributed by atoms with E-state index in [9.17, 15) is 22.4 Å². The van der Waals surface area contributed by atoms with Crippen molar-refractivity contribution in [1.29, 1.82) is 0 Å². The Morgan fingerprint density at radius 2 is 1.77 bits per heavy atom. The number of fused-ring (bicyclic) bond motifs is 1. The molecule has 0 aliphatic carbocycles. The molecule has 1 aliphatic rings. The van der Waals surface area contributed by atoms with Gasteiger partial charge in [0.15, 0.2) is 0 Å². The van der Waals surface area contributed by atoms with Crippen molar-refractivity contribution >= 4 is 44.7 Å². The number of halogens is 1. The average molecular weight is 567 g/mol. The Morgan fingerprint density at radius 1 is 1.05 bits per heavy atom. The van der Waals surface area contributed by atoms with Crippen LogP contribution in [0.25, 0.3) is 0 Å². The Balaban J connectivity index is 1.78. The summed E-state index contributed by atoms with van der Waals surface area (Å²) in [5.41, 5.74) is 3.60. The summed E-state index contributed by atoms with van der Waals surface area (Å²) in [7, 11) is 1.53. The van der Waals surface area contributed by atoms with Gasteiger partial charge in [0.25, 0.3) is 0 Å². The standard InChI is InChI=1S/C29H31FN4O5S/c1-33(2)14-15-34(40(4,37)38)23-11-9-22(10-12-23)31-28(20-7-5-6-19(16-20)17-26(35)39-3)27-24-13-8-21(30)18-25(24)32-29(27)36/h5-13,16,18,27H,14-15,17H2,1-4H3,(H,32,36). The maximum atomic E-state index is 13.9. The van der Waals surface area contributed by atoms with Crippen LogP contribution < -0.4 is 9.62 Å². The van der Waals surface area contributed by atoms with E-state index in [4.69, 9.17) is 9.73 Å². The van der Waals surface area contributed by atoms with Gasteiger partial charge in [-0.3, -0.25) is 18.9 Å². The summed E-state index contributed by atoms with van der Waals surface area (Å²) in [6, 6.07) is 17.9. The molecule has 1 atom stereocenters. The molecule has 40 heavy (non-hydrogen) atoms. The van der Waals surface area contributed by atoms with Crippen LogP contribution in [0.2, 0.25) is 0 Å². The van der Waals surface area contributed by atoms with Crippen LogP contribution in [0, 0.1) is 5.82 Å². The summed E-state index contributed by atoms with van der Waals surface area (Å²) in [4.78, 5) is 31.8. The lowest BCUT2D eigenvalue weighted by molar-refractivity contribution is -0.139. The zero-order valence-corrected chi connectivity index (χ0v) is 23.5. The molecule has 1 unspecified atom stereocenters. The van der Waals surface area contributed by atoms with Gasteiger partial charge in [-0.15, -0.1) is 0 Å². The number of methoxy groups -OCH3 is 1. The van der Waals surface area contributed by atoms with Crippen molar-refractivity contribution < 1.29 is 27.1 Å². The minimum atomic E-state index is -3.52. The van der Waals surface area contributed by atoms with Gasteiger partial charge in [-0.1, -0.05) is 24.3 Å². The molecule has 0 radical (unpaired) electrons. The van der Waals surface area contributed by atoms with E-state index in [0.29, 0.717) is 46.0 Å². The molecule has 0 aromatic heterocycles. The zero-order valence-electron chi connectivity index (χ0n) is 22.7. The van der Waals surface area contributed by atoms with Gasteiger partial charge in [-0.25, -0.2) is 12.8 Å². The van der Waals surface area contributed by atoms with Crippen molar-refractivity contribution in [2.24, 2.45) is 4.99 Å². The van der Waals surface area contributed by atoms with Gasteiger partial charge in [0.1, 0.15) is 11.7 Å².